The largest absolute Gasteiger partial charge is 0.424 e. The summed E-state index contributed by atoms with van der Waals surface area (Å²) in [7, 11) is 0. The zero-order valence-corrected chi connectivity index (χ0v) is 18.0. The van der Waals surface area contributed by atoms with Crippen LogP contribution in [0.5, 0.6) is 11.8 Å². The Kier molecular flexibility index (Phi) is 5.91. The van der Waals surface area contributed by atoms with Crippen molar-refractivity contribution in [1.82, 2.24) is 25.5 Å². The lowest BCUT2D eigenvalue weighted by molar-refractivity contribution is 0.244. The quantitative estimate of drug-likeness (QED) is 0.490. The average Bonchev–Trinajstić information content (AvgIpc) is 3.00. The number of hydrogen-bond donors (Lipinski definition) is 4. The fraction of sp³-hybridized carbons (Fsp3) is 0.333. The van der Waals surface area contributed by atoms with Gasteiger partial charge in [-0.05, 0) is 65.3 Å². The lowest BCUT2D eigenvalue weighted by Crippen LogP contribution is -2.43. The molecule has 1 aromatic carbocycles. The molecular weight excluding hydrogens is 382 g/mol. The van der Waals surface area contributed by atoms with Crippen LogP contribution in [0.4, 0.5) is 22.1 Å². The molecule has 0 radical (unpaired) electrons. The molecule has 0 fully saturated rings. The van der Waals surface area contributed by atoms with Gasteiger partial charge in [0.2, 0.25) is 0 Å². The molecule has 30 heavy (non-hydrogen) atoms. The molecule has 0 aliphatic rings. The van der Waals surface area contributed by atoms with Crippen LogP contribution in [0.1, 0.15) is 37.7 Å². The standard InChI is InChI=1S/C21H27N7O2/c1-12-9-15(23-19(29)26-21(4,5)6)7-8-16(12)30-20-22-13(2)10-17(25-20)24-18-11-14(3)27-28-18/h7-11H,1-6H3,(H2,23,26,29)(H2,22,24,25,27,28). The van der Waals surface area contributed by atoms with Crippen molar-refractivity contribution in [1.29, 1.82) is 0 Å². The predicted molar refractivity (Wildman–Crippen MR) is 117 cm³/mol. The highest BCUT2D eigenvalue weighted by molar-refractivity contribution is 5.89. The van der Waals surface area contributed by atoms with Gasteiger partial charge in [-0.15, -0.1) is 0 Å². The lowest BCUT2D eigenvalue weighted by atomic mass is 10.1. The van der Waals surface area contributed by atoms with Crippen molar-refractivity contribution >= 4 is 23.4 Å². The molecule has 0 saturated heterocycles. The van der Waals surface area contributed by atoms with Crippen molar-refractivity contribution in [2.75, 3.05) is 10.6 Å². The Bertz CT molecular complexity index is 1050. The fourth-order valence-corrected chi connectivity index (χ4v) is 2.72. The minimum absolute atomic E-state index is 0.225. The summed E-state index contributed by atoms with van der Waals surface area (Å²) < 4.78 is 5.90. The van der Waals surface area contributed by atoms with Gasteiger partial charge in [-0.2, -0.15) is 10.1 Å². The van der Waals surface area contributed by atoms with Gasteiger partial charge in [0.25, 0.3) is 0 Å². The summed E-state index contributed by atoms with van der Waals surface area (Å²) >= 11 is 0. The van der Waals surface area contributed by atoms with Gasteiger partial charge in [-0.1, -0.05) is 0 Å². The van der Waals surface area contributed by atoms with Crippen molar-refractivity contribution in [3.8, 4) is 11.8 Å². The molecule has 2 aromatic heterocycles. The molecule has 0 bridgehead atoms. The van der Waals surface area contributed by atoms with E-state index >= 15 is 0 Å². The molecule has 4 N–H and O–H groups in total. The summed E-state index contributed by atoms with van der Waals surface area (Å²) in [6, 6.07) is 9.04. The molecule has 3 rings (SSSR count). The Labute approximate surface area is 175 Å². The maximum atomic E-state index is 12.1. The number of nitrogens with one attached hydrogen (secondary N) is 4. The van der Waals surface area contributed by atoms with E-state index in [2.05, 4.69) is 36.1 Å². The van der Waals surface area contributed by atoms with E-state index in [1.54, 1.807) is 12.1 Å². The highest BCUT2D eigenvalue weighted by Gasteiger charge is 2.14. The molecule has 0 spiro atoms. The van der Waals surface area contributed by atoms with Crippen molar-refractivity contribution in [2.45, 2.75) is 47.1 Å². The van der Waals surface area contributed by atoms with Crippen LogP contribution in [0.2, 0.25) is 0 Å². The van der Waals surface area contributed by atoms with Crippen LogP contribution in [0.3, 0.4) is 0 Å². The monoisotopic (exact) mass is 409 g/mol. The summed E-state index contributed by atoms with van der Waals surface area (Å²) in [5, 5.41) is 15.8. The Morgan fingerprint density at radius 3 is 2.43 bits per heavy atom. The number of aryl methyl sites for hydroxylation is 3. The van der Waals surface area contributed by atoms with E-state index in [0.717, 1.165) is 22.8 Å². The van der Waals surface area contributed by atoms with Gasteiger partial charge in [-0.25, -0.2) is 9.78 Å². The molecule has 158 valence electrons. The molecule has 9 heteroatoms. The van der Waals surface area contributed by atoms with E-state index in [4.69, 9.17) is 4.74 Å². The zero-order chi connectivity index (χ0) is 21.9. The number of hydrogen-bond acceptors (Lipinski definition) is 6. The third kappa shape index (κ3) is 5.94. The molecule has 2 amide bonds. The lowest BCUT2D eigenvalue weighted by Gasteiger charge is -2.21. The number of aromatic nitrogens is 4. The van der Waals surface area contributed by atoms with Crippen LogP contribution in [0, 0.1) is 20.8 Å². The van der Waals surface area contributed by atoms with Crippen molar-refractivity contribution in [3.63, 3.8) is 0 Å². The number of amides is 2. The smallest absolute Gasteiger partial charge is 0.324 e. The average molecular weight is 409 g/mol. The second-order valence-corrected chi connectivity index (χ2v) is 8.14. The van der Waals surface area contributed by atoms with E-state index in [1.807, 2.05) is 59.7 Å². The first-order valence-electron chi connectivity index (χ1n) is 9.60. The topological polar surface area (TPSA) is 117 Å². The molecule has 9 nitrogen and oxygen atoms in total. The summed E-state index contributed by atoms with van der Waals surface area (Å²) in [5.74, 6) is 1.93. The number of rotatable bonds is 5. The highest BCUT2D eigenvalue weighted by Crippen LogP contribution is 2.27. The molecule has 0 aliphatic carbocycles. The van der Waals surface area contributed by atoms with E-state index in [9.17, 15) is 4.79 Å². The molecular formula is C21H27N7O2. The Morgan fingerprint density at radius 1 is 1.03 bits per heavy atom. The number of ether oxygens (including phenoxy) is 1. The zero-order valence-electron chi connectivity index (χ0n) is 18.0. The Morgan fingerprint density at radius 2 is 1.80 bits per heavy atom. The summed E-state index contributed by atoms with van der Waals surface area (Å²) in [4.78, 5) is 20.8. The second kappa shape index (κ2) is 8.40. The van der Waals surface area contributed by atoms with Crippen LogP contribution in [0.15, 0.2) is 30.3 Å². The Balaban J connectivity index is 1.72. The number of H-pyrrole nitrogens is 1. The number of carbonyl (C=O) groups is 1. The third-order valence-corrected chi connectivity index (χ3v) is 3.92. The van der Waals surface area contributed by atoms with Gasteiger partial charge in [0.1, 0.15) is 17.4 Å². The van der Waals surface area contributed by atoms with Crippen LogP contribution in [0.25, 0.3) is 0 Å². The van der Waals surface area contributed by atoms with Crippen molar-refractivity contribution < 1.29 is 9.53 Å². The van der Waals surface area contributed by atoms with Crippen molar-refractivity contribution in [2.24, 2.45) is 0 Å². The van der Waals surface area contributed by atoms with Gasteiger partial charge in [0, 0.05) is 29.1 Å². The number of nitrogens with zero attached hydrogens (tertiary/aromatic N) is 3. The molecule has 0 saturated carbocycles. The first-order chi connectivity index (χ1) is 14.1. The minimum Gasteiger partial charge on any atom is -0.424 e. The molecule has 3 aromatic rings. The summed E-state index contributed by atoms with van der Waals surface area (Å²) in [5.41, 5.74) is 2.83. The number of aromatic amines is 1. The van der Waals surface area contributed by atoms with Crippen LogP contribution in [-0.2, 0) is 0 Å². The maximum absolute atomic E-state index is 12.1. The van der Waals surface area contributed by atoms with E-state index in [0.29, 0.717) is 17.3 Å². The SMILES string of the molecule is Cc1cc(Nc2cc(C)nc(Oc3ccc(NC(=O)NC(C)(C)C)cc3C)n2)[nH]n1. The molecule has 2 heterocycles. The van der Waals surface area contributed by atoms with Gasteiger partial charge >= 0.3 is 12.0 Å². The Hall–Kier alpha value is -3.62. The maximum Gasteiger partial charge on any atom is 0.324 e. The number of carbonyl (C=O) groups excluding carboxylic acids is 1. The van der Waals surface area contributed by atoms with E-state index in [-0.39, 0.29) is 17.6 Å². The predicted octanol–water partition coefficient (Wildman–Crippen LogP) is 4.58. The highest BCUT2D eigenvalue weighted by atomic mass is 16.5. The number of urea groups is 1. The molecule has 0 unspecified atom stereocenters. The third-order valence-electron chi connectivity index (χ3n) is 3.92. The fourth-order valence-electron chi connectivity index (χ4n) is 2.72. The van der Waals surface area contributed by atoms with Crippen LogP contribution in [-0.4, -0.2) is 31.7 Å². The molecule has 0 atom stereocenters. The van der Waals surface area contributed by atoms with E-state index in [1.165, 1.54) is 0 Å². The second-order valence-electron chi connectivity index (χ2n) is 8.14. The van der Waals surface area contributed by atoms with Gasteiger partial charge in [-0.3, -0.25) is 5.10 Å². The normalized spacial score (nSPS) is 11.1. The van der Waals surface area contributed by atoms with Gasteiger partial charge in [0.15, 0.2) is 0 Å². The van der Waals surface area contributed by atoms with Gasteiger partial charge in [0.05, 0.1) is 5.69 Å². The summed E-state index contributed by atoms with van der Waals surface area (Å²) in [6.07, 6.45) is 0. The van der Waals surface area contributed by atoms with Crippen LogP contribution < -0.4 is 20.7 Å². The van der Waals surface area contributed by atoms with Gasteiger partial charge < -0.3 is 20.7 Å². The first kappa shape index (κ1) is 21.1. The number of anilines is 3. The number of benzene rings is 1. The minimum atomic E-state index is -0.314. The van der Waals surface area contributed by atoms with Crippen molar-refractivity contribution in [3.05, 3.63) is 47.3 Å². The van der Waals surface area contributed by atoms with Crippen LogP contribution >= 0.6 is 0 Å². The first-order valence-corrected chi connectivity index (χ1v) is 9.60. The van der Waals surface area contributed by atoms with E-state index < -0.39 is 0 Å². The molecule has 0 aliphatic heterocycles. The summed E-state index contributed by atoms with van der Waals surface area (Å²) in [6.45, 7) is 11.4.